The van der Waals surface area contributed by atoms with E-state index < -0.39 is 0 Å². The maximum Gasteiger partial charge on any atom is 0.133 e. The Morgan fingerprint density at radius 3 is 2.53 bits per heavy atom. The van der Waals surface area contributed by atoms with Gasteiger partial charge < -0.3 is 5.32 Å². The van der Waals surface area contributed by atoms with Crippen molar-refractivity contribution in [1.29, 1.82) is 0 Å². The summed E-state index contributed by atoms with van der Waals surface area (Å²) in [7, 11) is 0. The first kappa shape index (κ1) is 13.8. The van der Waals surface area contributed by atoms with Crippen LogP contribution in [-0.2, 0) is 6.42 Å². The monoisotopic (exact) mass is 277 g/mol. The van der Waals surface area contributed by atoms with Crippen molar-refractivity contribution in [3.05, 3.63) is 42.0 Å². The molecule has 1 N–H and O–H groups in total. The van der Waals surface area contributed by atoms with Gasteiger partial charge in [0.05, 0.1) is 0 Å². The molecule has 0 aliphatic carbocycles. The molecule has 5 heteroatoms. The molecule has 0 aliphatic rings. The van der Waals surface area contributed by atoms with Crippen molar-refractivity contribution in [3.63, 3.8) is 0 Å². The highest BCUT2D eigenvalue weighted by atomic mass is 32.2. The molecule has 100 valence electrons. The van der Waals surface area contributed by atoms with Crippen LogP contribution < -0.4 is 5.32 Å². The van der Waals surface area contributed by atoms with Crippen LogP contribution in [0.5, 0.6) is 0 Å². The lowest BCUT2D eigenvalue weighted by Gasteiger charge is -2.11. The summed E-state index contributed by atoms with van der Waals surface area (Å²) in [6.07, 6.45) is 2.41. The van der Waals surface area contributed by atoms with Crippen LogP contribution in [0.3, 0.4) is 0 Å². The van der Waals surface area contributed by atoms with Gasteiger partial charge in [0.1, 0.15) is 23.0 Å². The fourth-order valence-electron chi connectivity index (χ4n) is 1.74. The average Bonchev–Trinajstić information content (AvgIpc) is 2.42. The summed E-state index contributed by atoms with van der Waals surface area (Å²) in [5, 5.41) is 4.15. The molecule has 0 atom stereocenters. The van der Waals surface area contributed by atoms with Crippen LogP contribution in [0.15, 0.2) is 40.5 Å². The van der Waals surface area contributed by atoms with Gasteiger partial charge in [0.2, 0.25) is 0 Å². The molecule has 1 heterocycles. The standard InChI is InChI=1S/C14H16FN3S/c1-3-12-13(16-4-2)17-9-18-14(12)19-11-7-5-10(15)6-8-11/h5-9H,3-4H2,1-2H3,(H,16,17,18). The summed E-state index contributed by atoms with van der Waals surface area (Å²) in [5.41, 5.74) is 1.10. The van der Waals surface area contributed by atoms with Gasteiger partial charge in [0, 0.05) is 17.0 Å². The lowest BCUT2D eigenvalue weighted by molar-refractivity contribution is 0.626. The van der Waals surface area contributed by atoms with E-state index in [9.17, 15) is 4.39 Å². The summed E-state index contributed by atoms with van der Waals surface area (Å²) in [4.78, 5) is 9.56. The van der Waals surface area contributed by atoms with Gasteiger partial charge in [-0.05, 0) is 37.6 Å². The summed E-state index contributed by atoms with van der Waals surface area (Å²) >= 11 is 1.53. The molecule has 3 nitrogen and oxygen atoms in total. The van der Waals surface area contributed by atoms with Crippen molar-refractivity contribution >= 4 is 17.6 Å². The second-order valence-corrected chi connectivity index (χ2v) is 5.01. The molecule has 0 fully saturated rings. The number of halogens is 1. The molecule has 0 radical (unpaired) electrons. The number of rotatable bonds is 5. The third kappa shape index (κ3) is 3.44. The topological polar surface area (TPSA) is 37.8 Å². The Morgan fingerprint density at radius 1 is 1.16 bits per heavy atom. The fourth-order valence-corrected chi connectivity index (χ4v) is 2.70. The molecule has 19 heavy (non-hydrogen) atoms. The van der Waals surface area contributed by atoms with E-state index in [0.717, 1.165) is 34.3 Å². The van der Waals surface area contributed by atoms with Gasteiger partial charge in [-0.3, -0.25) is 0 Å². The van der Waals surface area contributed by atoms with Crippen LogP contribution in [-0.4, -0.2) is 16.5 Å². The number of aromatic nitrogens is 2. The van der Waals surface area contributed by atoms with E-state index in [1.54, 1.807) is 18.5 Å². The summed E-state index contributed by atoms with van der Waals surface area (Å²) in [6, 6.07) is 6.43. The summed E-state index contributed by atoms with van der Waals surface area (Å²) in [6.45, 7) is 4.94. The molecule has 0 bridgehead atoms. The average molecular weight is 277 g/mol. The molecule has 2 aromatic rings. The third-order valence-electron chi connectivity index (χ3n) is 2.63. The SMILES string of the molecule is CCNc1ncnc(Sc2ccc(F)cc2)c1CC. The Labute approximate surface area is 116 Å². The minimum Gasteiger partial charge on any atom is -0.370 e. The number of benzene rings is 1. The first-order valence-corrected chi connectivity index (χ1v) is 7.07. The number of anilines is 1. The lowest BCUT2D eigenvalue weighted by Crippen LogP contribution is -2.05. The molecule has 1 aromatic carbocycles. The van der Waals surface area contributed by atoms with Crippen molar-refractivity contribution in [3.8, 4) is 0 Å². The van der Waals surface area contributed by atoms with Crippen LogP contribution in [0.25, 0.3) is 0 Å². The smallest absolute Gasteiger partial charge is 0.133 e. The van der Waals surface area contributed by atoms with E-state index in [4.69, 9.17) is 0 Å². The molecular weight excluding hydrogens is 261 g/mol. The number of nitrogens with zero attached hydrogens (tertiary/aromatic N) is 2. The normalized spacial score (nSPS) is 10.5. The number of hydrogen-bond donors (Lipinski definition) is 1. The highest BCUT2D eigenvalue weighted by Gasteiger charge is 2.10. The Morgan fingerprint density at radius 2 is 1.89 bits per heavy atom. The maximum atomic E-state index is 12.9. The zero-order valence-electron chi connectivity index (χ0n) is 11.0. The highest BCUT2D eigenvalue weighted by molar-refractivity contribution is 7.99. The Balaban J connectivity index is 2.28. The summed E-state index contributed by atoms with van der Waals surface area (Å²) < 4.78 is 12.9. The molecule has 0 aliphatic heterocycles. The van der Waals surface area contributed by atoms with Crippen LogP contribution in [0.1, 0.15) is 19.4 Å². The lowest BCUT2D eigenvalue weighted by atomic mass is 10.2. The first-order valence-electron chi connectivity index (χ1n) is 6.25. The van der Waals surface area contributed by atoms with Crippen molar-refractivity contribution in [2.75, 3.05) is 11.9 Å². The molecular formula is C14H16FN3S. The minimum atomic E-state index is -0.226. The van der Waals surface area contributed by atoms with Gasteiger partial charge in [-0.1, -0.05) is 18.7 Å². The van der Waals surface area contributed by atoms with Gasteiger partial charge in [0.15, 0.2) is 0 Å². The molecule has 0 saturated heterocycles. The van der Waals surface area contributed by atoms with Gasteiger partial charge in [-0.25, -0.2) is 14.4 Å². The molecule has 0 amide bonds. The molecule has 2 rings (SSSR count). The first-order chi connectivity index (χ1) is 9.24. The van der Waals surface area contributed by atoms with Crippen LogP contribution in [0.2, 0.25) is 0 Å². The van der Waals surface area contributed by atoms with Crippen molar-refractivity contribution in [2.24, 2.45) is 0 Å². The van der Waals surface area contributed by atoms with E-state index in [1.165, 1.54) is 23.9 Å². The number of nitrogens with one attached hydrogen (secondary N) is 1. The van der Waals surface area contributed by atoms with Crippen molar-refractivity contribution < 1.29 is 4.39 Å². The zero-order chi connectivity index (χ0) is 13.7. The Kier molecular flexibility index (Phi) is 4.74. The van der Waals surface area contributed by atoms with Crippen molar-refractivity contribution in [1.82, 2.24) is 9.97 Å². The molecule has 1 aromatic heterocycles. The van der Waals surface area contributed by atoms with Crippen molar-refractivity contribution in [2.45, 2.75) is 30.2 Å². The van der Waals surface area contributed by atoms with E-state index in [2.05, 4.69) is 22.2 Å². The zero-order valence-corrected chi connectivity index (χ0v) is 11.8. The molecule has 0 saturated carbocycles. The van der Waals surface area contributed by atoms with Crippen LogP contribution >= 0.6 is 11.8 Å². The van der Waals surface area contributed by atoms with Gasteiger partial charge in [-0.15, -0.1) is 0 Å². The minimum absolute atomic E-state index is 0.226. The van der Waals surface area contributed by atoms with E-state index in [-0.39, 0.29) is 5.82 Å². The van der Waals surface area contributed by atoms with Gasteiger partial charge >= 0.3 is 0 Å². The largest absolute Gasteiger partial charge is 0.370 e. The van der Waals surface area contributed by atoms with E-state index >= 15 is 0 Å². The quantitative estimate of drug-likeness (QED) is 0.844. The number of hydrogen-bond acceptors (Lipinski definition) is 4. The van der Waals surface area contributed by atoms with Gasteiger partial charge in [0.25, 0.3) is 0 Å². The van der Waals surface area contributed by atoms with E-state index in [0.29, 0.717) is 0 Å². The Bertz CT molecular complexity index is 543. The van der Waals surface area contributed by atoms with E-state index in [1.807, 2.05) is 6.92 Å². The van der Waals surface area contributed by atoms with Gasteiger partial charge in [-0.2, -0.15) is 0 Å². The fraction of sp³-hybridized carbons (Fsp3) is 0.286. The second-order valence-electron chi connectivity index (χ2n) is 3.95. The summed E-state index contributed by atoms with van der Waals surface area (Å²) in [5.74, 6) is 0.653. The van der Waals surface area contributed by atoms with Crippen LogP contribution in [0.4, 0.5) is 10.2 Å². The van der Waals surface area contributed by atoms with Crippen LogP contribution in [0, 0.1) is 5.82 Å². The third-order valence-corrected chi connectivity index (χ3v) is 3.68. The predicted octanol–water partition coefficient (Wildman–Crippen LogP) is 3.76. The predicted molar refractivity (Wildman–Crippen MR) is 76.1 cm³/mol. The molecule has 0 unspecified atom stereocenters. The highest BCUT2D eigenvalue weighted by Crippen LogP contribution is 2.31. The molecule has 0 spiro atoms. The Hall–Kier alpha value is -1.62. The second kappa shape index (κ2) is 6.52. The maximum absolute atomic E-state index is 12.9.